The van der Waals surface area contributed by atoms with Crippen molar-refractivity contribution in [1.82, 2.24) is 15.8 Å². The van der Waals surface area contributed by atoms with Gasteiger partial charge < -0.3 is 15.2 Å². The fourth-order valence-corrected chi connectivity index (χ4v) is 2.94. The van der Waals surface area contributed by atoms with Crippen LogP contribution in [0.2, 0.25) is 0 Å². The van der Waals surface area contributed by atoms with Crippen molar-refractivity contribution >= 4 is 5.96 Å². The second-order valence-corrected chi connectivity index (χ2v) is 5.77. The lowest BCUT2D eigenvalue weighted by Crippen LogP contribution is -2.48. The van der Waals surface area contributed by atoms with Gasteiger partial charge in [0.15, 0.2) is 5.96 Å². The number of hydrogen-bond acceptors (Lipinski definition) is 3. The molecule has 3 rings (SSSR count). The van der Waals surface area contributed by atoms with Crippen LogP contribution in [0, 0.1) is 0 Å². The van der Waals surface area contributed by atoms with E-state index in [9.17, 15) is 0 Å². The predicted molar refractivity (Wildman–Crippen MR) is 86.7 cm³/mol. The van der Waals surface area contributed by atoms with E-state index in [4.69, 9.17) is 4.52 Å². The minimum atomic E-state index is 0.243. The molecule has 1 fully saturated rings. The Hall–Kier alpha value is -2.30. The van der Waals surface area contributed by atoms with E-state index in [0.717, 1.165) is 18.2 Å². The molecular weight excluding hydrogens is 276 g/mol. The molecule has 0 saturated heterocycles. The topological polar surface area (TPSA) is 62.5 Å². The zero-order chi connectivity index (χ0) is 15.3. The number of nitrogens with zero attached hydrogens (tertiary/aromatic N) is 2. The van der Waals surface area contributed by atoms with E-state index in [0.29, 0.717) is 6.54 Å². The number of benzene rings is 1. The second-order valence-electron chi connectivity index (χ2n) is 5.77. The molecule has 0 amide bonds. The van der Waals surface area contributed by atoms with Gasteiger partial charge in [-0.2, -0.15) is 0 Å². The zero-order valence-corrected chi connectivity index (χ0v) is 12.9. The average molecular weight is 298 g/mol. The molecule has 22 heavy (non-hydrogen) atoms. The van der Waals surface area contributed by atoms with Crippen LogP contribution < -0.4 is 10.6 Å². The summed E-state index contributed by atoms with van der Waals surface area (Å²) >= 11 is 0. The third-order valence-corrected chi connectivity index (χ3v) is 4.44. The summed E-state index contributed by atoms with van der Waals surface area (Å²) in [5.74, 6) is 0.796. The van der Waals surface area contributed by atoms with E-state index in [1.807, 2.05) is 6.07 Å². The van der Waals surface area contributed by atoms with E-state index in [1.54, 1.807) is 13.3 Å². The van der Waals surface area contributed by atoms with E-state index in [1.165, 1.54) is 24.8 Å². The smallest absolute Gasteiger partial charge is 0.191 e. The fraction of sp³-hybridized carbons (Fsp3) is 0.412. The monoisotopic (exact) mass is 298 g/mol. The number of hydrogen-bond donors (Lipinski definition) is 2. The summed E-state index contributed by atoms with van der Waals surface area (Å²) in [5.41, 5.74) is 2.53. The first-order valence-corrected chi connectivity index (χ1v) is 7.72. The number of nitrogens with one attached hydrogen (secondary N) is 2. The van der Waals surface area contributed by atoms with Gasteiger partial charge in [0.05, 0.1) is 6.54 Å². The maximum atomic E-state index is 4.83. The maximum absolute atomic E-state index is 4.83. The van der Waals surface area contributed by atoms with Crippen LogP contribution in [0.15, 0.2) is 52.2 Å². The van der Waals surface area contributed by atoms with Gasteiger partial charge in [-0.3, -0.25) is 4.99 Å². The quantitative estimate of drug-likeness (QED) is 0.657. The predicted octanol–water partition coefficient (Wildman–Crippen LogP) is 2.46. The Morgan fingerprint density at radius 1 is 1.23 bits per heavy atom. The van der Waals surface area contributed by atoms with Crippen LogP contribution in [0.25, 0.3) is 0 Å². The average Bonchev–Trinajstić information content (AvgIpc) is 3.03. The van der Waals surface area contributed by atoms with Crippen LogP contribution in [0.5, 0.6) is 0 Å². The summed E-state index contributed by atoms with van der Waals surface area (Å²) < 4.78 is 4.83. The summed E-state index contributed by atoms with van der Waals surface area (Å²) in [5, 5.41) is 10.6. The molecule has 1 aromatic heterocycles. The van der Waals surface area contributed by atoms with Gasteiger partial charge in [0, 0.05) is 25.1 Å². The third-order valence-electron chi connectivity index (χ3n) is 4.44. The molecule has 0 radical (unpaired) electrons. The summed E-state index contributed by atoms with van der Waals surface area (Å²) in [6.07, 6.45) is 5.32. The number of rotatable bonds is 5. The van der Waals surface area contributed by atoms with Crippen molar-refractivity contribution in [3.05, 3.63) is 53.9 Å². The van der Waals surface area contributed by atoms with Crippen LogP contribution in [-0.4, -0.2) is 24.7 Å². The minimum absolute atomic E-state index is 0.243. The Balaban J connectivity index is 1.57. The molecule has 0 spiro atoms. The second kappa shape index (κ2) is 6.64. The van der Waals surface area contributed by atoms with Crippen molar-refractivity contribution in [2.75, 3.05) is 13.6 Å². The van der Waals surface area contributed by atoms with Crippen molar-refractivity contribution in [1.29, 1.82) is 0 Å². The van der Waals surface area contributed by atoms with Crippen molar-refractivity contribution < 1.29 is 4.52 Å². The molecule has 1 aliphatic rings. The van der Waals surface area contributed by atoms with Gasteiger partial charge in [-0.15, -0.1) is 0 Å². The highest BCUT2D eigenvalue weighted by Gasteiger charge is 2.38. The highest BCUT2D eigenvalue weighted by molar-refractivity contribution is 5.79. The van der Waals surface area contributed by atoms with Gasteiger partial charge >= 0.3 is 0 Å². The Labute approximate surface area is 130 Å². The number of aliphatic imine (C=N–C) groups is 1. The molecule has 0 bridgehead atoms. The Morgan fingerprint density at radius 3 is 2.64 bits per heavy atom. The Morgan fingerprint density at radius 2 is 2.05 bits per heavy atom. The minimum Gasteiger partial charge on any atom is -0.364 e. The number of guanidine groups is 1. The lowest BCUT2D eigenvalue weighted by atomic mass is 9.64. The third kappa shape index (κ3) is 3.13. The number of aromatic nitrogens is 1. The molecule has 0 atom stereocenters. The molecule has 2 aromatic rings. The standard InChI is InChI=1S/C17H22N4O/c1-18-16(19-12-15-8-11-22-21-15)20-13-17(9-5-10-17)14-6-3-2-4-7-14/h2-4,6-8,11H,5,9-10,12-13H2,1H3,(H2,18,19,20). The molecule has 5 nitrogen and oxygen atoms in total. The van der Waals surface area contributed by atoms with Crippen LogP contribution >= 0.6 is 0 Å². The summed E-state index contributed by atoms with van der Waals surface area (Å²) in [6.45, 7) is 1.50. The van der Waals surface area contributed by atoms with Crippen molar-refractivity contribution in [2.45, 2.75) is 31.2 Å². The molecule has 0 aliphatic heterocycles. The molecular formula is C17H22N4O. The highest BCUT2D eigenvalue weighted by atomic mass is 16.5. The maximum Gasteiger partial charge on any atom is 0.191 e. The zero-order valence-electron chi connectivity index (χ0n) is 12.9. The fourth-order valence-electron chi connectivity index (χ4n) is 2.94. The molecule has 1 heterocycles. The summed E-state index contributed by atoms with van der Waals surface area (Å²) in [4.78, 5) is 4.28. The van der Waals surface area contributed by atoms with Gasteiger partial charge in [0.2, 0.25) is 0 Å². The summed E-state index contributed by atoms with van der Waals surface area (Å²) in [6, 6.07) is 12.6. The molecule has 1 aliphatic carbocycles. The molecule has 5 heteroatoms. The molecule has 1 aromatic carbocycles. The van der Waals surface area contributed by atoms with Crippen molar-refractivity contribution in [3.63, 3.8) is 0 Å². The Kier molecular flexibility index (Phi) is 4.42. The van der Waals surface area contributed by atoms with Gasteiger partial charge in [0.1, 0.15) is 12.0 Å². The highest BCUT2D eigenvalue weighted by Crippen LogP contribution is 2.43. The molecule has 0 unspecified atom stereocenters. The van der Waals surface area contributed by atoms with E-state index < -0.39 is 0 Å². The van der Waals surface area contributed by atoms with Crippen molar-refractivity contribution in [2.24, 2.45) is 4.99 Å². The molecule has 2 N–H and O–H groups in total. The van der Waals surface area contributed by atoms with Crippen LogP contribution in [0.4, 0.5) is 0 Å². The van der Waals surface area contributed by atoms with E-state index in [-0.39, 0.29) is 5.41 Å². The van der Waals surface area contributed by atoms with E-state index in [2.05, 4.69) is 51.1 Å². The van der Waals surface area contributed by atoms with Gasteiger partial charge in [-0.05, 0) is 18.4 Å². The molecule has 116 valence electrons. The summed E-state index contributed by atoms with van der Waals surface area (Å²) in [7, 11) is 1.79. The lowest BCUT2D eigenvalue weighted by molar-refractivity contribution is 0.244. The normalized spacial score (nSPS) is 16.9. The lowest BCUT2D eigenvalue weighted by Gasteiger charge is -2.43. The largest absolute Gasteiger partial charge is 0.364 e. The van der Waals surface area contributed by atoms with Gasteiger partial charge in [-0.25, -0.2) is 0 Å². The Bertz CT molecular complexity index is 603. The first-order chi connectivity index (χ1) is 10.8. The first-order valence-electron chi connectivity index (χ1n) is 7.72. The van der Waals surface area contributed by atoms with Crippen LogP contribution in [-0.2, 0) is 12.0 Å². The van der Waals surface area contributed by atoms with Gasteiger partial charge in [0.25, 0.3) is 0 Å². The van der Waals surface area contributed by atoms with Crippen LogP contribution in [0.1, 0.15) is 30.5 Å². The van der Waals surface area contributed by atoms with E-state index >= 15 is 0 Å². The SMILES string of the molecule is CN=C(NCc1ccon1)NCC1(c2ccccc2)CCC1. The van der Waals surface area contributed by atoms with Crippen LogP contribution in [0.3, 0.4) is 0 Å². The van der Waals surface area contributed by atoms with Gasteiger partial charge in [-0.1, -0.05) is 41.9 Å². The van der Waals surface area contributed by atoms with Crippen molar-refractivity contribution in [3.8, 4) is 0 Å². The first kappa shape index (κ1) is 14.6. The molecule has 1 saturated carbocycles.